The molecule has 0 aromatic heterocycles. The highest BCUT2D eigenvalue weighted by Gasteiger charge is 2.47. The Morgan fingerprint density at radius 2 is 1.04 bits per heavy atom. The van der Waals surface area contributed by atoms with Gasteiger partial charge in [-0.1, -0.05) is 161 Å². The van der Waals surface area contributed by atoms with Gasteiger partial charge in [0.1, 0.15) is 0 Å². The van der Waals surface area contributed by atoms with E-state index in [0.29, 0.717) is 0 Å². The molecule has 3 aliphatic carbocycles. The molecule has 0 aliphatic heterocycles. The monoisotopic (exact) mass is 725 g/mol. The Bertz CT molecular complexity index is 2540. The Kier molecular flexibility index (Phi) is 8.22. The van der Waals surface area contributed by atoms with Gasteiger partial charge in [0, 0.05) is 11.3 Å². The van der Waals surface area contributed by atoms with Crippen molar-refractivity contribution in [3.8, 4) is 22.3 Å². The molecule has 0 saturated carbocycles. The fraction of sp³-hybridized carbons (Fsp3) is 0.236. The molecule has 56 heavy (non-hydrogen) atoms. The second-order valence-electron chi connectivity index (χ2n) is 17.8. The van der Waals surface area contributed by atoms with E-state index in [2.05, 4.69) is 196 Å². The lowest BCUT2D eigenvalue weighted by molar-refractivity contribution is 0.332. The average molecular weight is 726 g/mol. The molecule has 0 N–H and O–H groups in total. The number of hydrogen-bond donors (Lipinski definition) is 0. The van der Waals surface area contributed by atoms with Crippen molar-refractivity contribution in [2.24, 2.45) is 0 Å². The Morgan fingerprint density at radius 1 is 0.429 bits per heavy atom. The molecule has 276 valence electrons. The third-order valence-electron chi connectivity index (χ3n) is 13.6. The smallest absolute Gasteiger partial charge is 0.0714 e. The highest BCUT2D eigenvalue weighted by molar-refractivity contribution is 5.97. The third kappa shape index (κ3) is 5.35. The summed E-state index contributed by atoms with van der Waals surface area (Å²) in [5.41, 5.74) is 19.7. The summed E-state index contributed by atoms with van der Waals surface area (Å²) in [6.07, 6.45) is 7.18. The summed E-state index contributed by atoms with van der Waals surface area (Å²) in [5.74, 6) is 0. The number of para-hydroxylation sites is 1. The zero-order valence-electron chi connectivity index (χ0n) is 33.3. The van der Waals surface area contributed by atoms with E-state index in [0.717, 1.165) is 12.8 Å². The lowest BCUT2D eigenvalue weighted by atomic mass is 9.62. The number of rotatable bonds is 6. The first kappa shape index (κ1) is 34.8. The molecule has 1 nitrogen and oxygen atoms in total. The van der Waals surface area contributed by atoms with Crippen molar-refractivity contribution in [1.29, 1.82) is 0 Å². The van der Waals surface area contributed by atoms with Crippen molar-refractivity contribution in [3.63, 3.8) is 0 Å². The van der Waals surface area contributed by atoms with Gasteiger partial charge in [0.2, 0.25) is 0 Å². The van der Waals surface area contributed by atoms with Crippen LogP contribution in [-0.4, -0.2) is 0 Å². The van der Waals surface area contributed by atoms with Crippen LogP contribution < -0.4 is 4.90 Å². The first-order chi connectivity index (χ1) is 27.3. The van der Waals surface area contributed by atoms with Gasteiger partial charge in [0.05, 0.1) is 16.8 Å². The van der Waals surface area contributed by atoms with Gasteiger partial charge in [-0.2, -0.15) is 0 Å². The second-order valence-corrected chi connectivity index (χ2v) is 17.8. The molecule has 0 amide bonds. The maximum atomic E-state index is 2.63. The van der Waals surface area contributed by atoms with E-state index in [1.165, 1.54) is 110 Å². The Hall–Kier alpha value is -5.66. The van der Waals surface area contributed by atoms with E-state index in [1.54, 1.807) is 0 Å². The maximum Gasteiger partial charge on any atom is 0.0714 e. The zero-order valence-corrected chi connectivity index (χ0v) is 33.3. The fourth-order valence-corrected chi connectivity index (χ4v) is 10.7. The molecule has 0 saturated heterocycles. The van der Waals surface area contributed by atoms with Crippen LogP contribution in [0.5, 0.6) is 0 Å². The molecule has 0 radical (unpaired) electrons. The van der Waals surface area contributed by atoms with Gasteiger partial charge < -0.3 is 4.90 Å². The predicted octanol–water partition coefficient (Wildman–Crippen LogP) is 14.4. The largest absolute Gasteiger partial charge is 0.310 e. The van der Waals surface area contributed by atoms with E-state index >= 15 is 0 Å². The normalized spacial score (nSPS) is 16.9. The highest BCUT2D eigenvalue weighted by Crippen LogP contribution is 2.60. The zero-order chi connectivity index (χ0) is 38.1. The minimum absolute atomic E-state index is 0.00522. The van der Waals surface area contributed by atoms with Crippen LogP contribution >= 0.6 is 0 Å². The lowest BCUT2D eigenvalue weighted by Crippen LogP contribution is -2.35. The summed E-state index contributed by atoms with van der Waals surface area (Å²) in [5, 5.41) is 0. The number of aryl methyl sites for hydroxylation is 2. The molecule has 10 rings (SSSR count). The number of benzene rings is 7. The highest BCUT2D eigenvalue weighted by atomic mass is 15.1. The summed E-state index contributed by atoms with van der Waals surface area (Å²) >= 11 is 0. The summed E-state index contributed by atoms with van der Waals surface area (Å²) in [4.78, 5) is 2.63. The topological polar surface area (TPSA) is 3.24 Å². The van der Waals surface area contributed by atoms with Crippen molar-refractivity contribution in [3.05, 3.63) is 208 Å². The van der Waals surface area contributed by atoms with Gasteiger partial charge in [0.25, 0.3) is 0 Å². The van der Waals surface area contributed by atoms with E-state index in [1.807, 2.05) is 0 Å². The molecule has 7 aromatic carbocycles. The van der Waals surface area contributed by atoms with Gasteiger partial charge in [-0.15, -0.1) is 0 Å². The van der Waals surface area contributed by atoms with Crippen LogP contribution in [0, 0.1) is 0 Å². The molecule has 0 bridgehead atoms. The van der Waals surface area contributed by atoms with Gasteiger partial charge in [-0.25, -0.2) is 0 Å². The molecule has 0 atom stereocenters. The van der Waals surface area contributed by atoms with E-state index in [-0.39, 0.29) is 10.8 Å². The van der Waals surface area contributed by atoms with Crippen LogP contribution in [-0.2, 0) is 29.1 Å². The van der Waals surface area contributed by atoms with Crippen molar-refractivity contribution in [1.82, 2.24) is 0 Å². The SMILES string of the molecule is CC1(C)CCC(C)(C)c2c(N(c3ccccc3)c3cc4c(cc3-c3ccc5c(c3)CCCC5)-c3ccccc3C4(c3ccccc3)c3ccccc3)cccc21. The van der Waals surface area contributed by atoms with Gasteiger partial charge >= 0.3 is 0 Å². The minimum Gasteiger partial charge on any atom is -0.310 e. The summed E-state index contributed by atoms with van der Waals surface area (Å²) in [6, 6.07) is 62.4. The van der Waals surface area contributed by atoms with Crippen LogP contribution in [0.25, 0.3) is 22.3 Å². The molecule has 3 aliphatic rings. The van der Waals surface area contributed by atoms with Crippen molar-refractivity contribution in [2.75, 3.05) is 4.90 Å². The first-order valence-electron chi connectivity index (χ1n) is 20.8. The molecular formula is C55H51N. The molecular weight excluding hydrogens is 675 g/mol. The molecule has 0 spiro atoms. The van der Waals surface area contributed by atoms with Gasteiger partial charge in [-0.3, -0.25) is 0 Å². The van der Waals surface area contributed by atoms with Crippen LogP contribution in [0.1, 0.15) is 97.9 Å². The first-order valence-corrected chi connectivity index (χ1v) is 20.8. The molecule has 0 fully saturated rings. The van der Waals surface area contributed by atoms with Gasteiger partial charge in [-0.05, 0) is 141 Å². The molecule has 0 heterocycles. The number of fused-ring (bicyclic) bond motifs is 5. The quantitative estimate of drug-likeness (QED) is 0.165. The number of hydrogen-bond acceptors (Lipinski definition) is 1. The predicted molar refractivity (Wildman–Crippen MR) is 236 cm³/mol. The Labute approximate surface area is 333 Å². The molecule has 0 unspecified atom stereocenters. The van der Waals surface area contributed by atoms with Crippen LogP contribution in [0.3, 0.4) is 0 Å². The van der Waals surface area contributed by atoms with E-state index in [9.17, 15) is 0 Å². The third-order valence-corrected chi connectivity index (χ3v) is 13.6. The summed E-state index contributed by atoms with van der Waals surface area (Å²) < 4.78 is 0. The standard InChI is InChI=1S/C55H51N/c1-53(2)33-34-54(3,4)52-48(53)29-18-30-50(52)56(43-25-12-7-13-26-43)51-37-49-46(36-45(51)40-32-31-38-19-14-15-20-39(38)35-40)44-27-16-17-28-47(44)55(49,41-21-8-5-9-22-41)42-23-10-6-11-24-42/h5-13,16-18,21-32,35-37H,14-15,19-20,33-34H2,1-4H3. The lowest BCUT2D eigenvalue weighted by Gasteiger charge is -2.45. The van der Waals surface area contributed by atoms with Crippen LogP contribution in [0.15, 0.2) is 164 Å². The maximum absolute atomic E-state index is 2.63. The second kappa shape index (κ2) is 13.2. The van der Waals surface area contributed by atoms with E-state index in [4.69, 9.17) is 0 Å². The molecule has 7 aromatic rings. The van der Waals surface area contributed by atoms with Crippen molar-refractivity contribution in [2.45, 2.75) is 82.5 Å². The minimum atomic E-state index is -0.503. The summed E-state index contributed by atoms with van der Waals surface area (Å²) in [7, 11) is 0. The number of nitrogens with zero attached hydrogens (tertiary/aromatic N) is 1. The molecule has 1 heteroatoms. The van der Waals surface area contributed by atoms with Crippen LogP contribution in [0.2, 0.25) is 0 Å². The summed E-state index contributed by atoms with van der Waals surface area (Å²) in [6.45, 7) is 9.81. The average Bonchev–Trinajstić information content (AvgIpc) is 3.53. The fourth-order valence-electron chi connectivity index (χ4n) is 10.7. The van der Waals surface area contributed by atoms with Crippen molar-refractivity contribution >= 4 is 17.1 Å². The van der Waals surface area contributed by atoms with E-state index < -0.39 is 5.41 Å². The van der Waals surface area contributed by atoms with Crippen LogP contribution in [0.4, 0.5) is 17.1 Å². The Morgan fingerprint density at radius 3 is 1.75 bits per heavy atom. The number of anilines is 3. The van der Waals surface area contributed by atoms with Gasteiger partial charge in [0.15, 0.2) is 0 Å². The Balaban J connectivity index is 1.36. The van der Waals surface area contributed by atoms with Crippen molar-refractivity contribution < 1.29 is 0 Å².